The molecule has 0 spiro atoms. The van der Waals surface area contributed by atoms with Crippen molar-refractivity contribution in [1.29, 1.82) is 0 Å². The summed E-state index contributed by atoms with van der Waals surface area (Å²) in [6, 6.07) is 10.7. The first-order chi connectivity index (χ1) is 18.8. The number of ether oxygens (including phenoxy) is 1. The van der Waals surface area contributed by atoms with Gasteiger partial charge in [0.1, 0.15) is 0 Å². The van der Waals surface area contributed by atoms with Crippen molar-refractivity contribution >= 4 is 0 Å². The molecule has 5 rings (SSSR count). The summed E-state index contributed by atoms with van der Waals surface area (Å²) in [5, 5.41) is 0. The summed E-state index contributed by atoms with van der Waals surface area (Å²) >= 11 is 0. The van der Waals surface area contributed by atoms with Gasteiger partial charge in [0, 0.05) is 22.6 Å². The minimum atomic E-state index is -1.12. The van der Waals surface area contributed by atoms with E-state index in [4.69, 9.17) is 4.74 Å². The molecule has 2 aliphatic rings. The molecule has 1 aliphatic carbocycles. The van der Waals surface area contributed by atoms with Gasteiger partial charge in [-0.05, 0) is 91.7 Å². The third-order valence-corrected chi connectivity index (χ3v) is 8.47. The van der Waals surface area contributed by atoms with Gasteiger partial charge in [0.05, 0.1) is 12.7 Å². The van der Waals surface area contributed by atoms with E-state index in [0.29, 0.717) is 47.1 Å². The predicted octanol–water partition coefficient (Wildman–Crippen LogP) is 9.69. The Bertz CT molecular complexity index is 1360. The molecule has 0 bridgehead atoms. The molecule has 1 saturated heterocycles. The lowest BCUT2D eigenvalue weighted by Gasteiger charge is -2.24. The van der Waals surface area contributed by atoms with Crippen molar-refractivity contribution < 1.29 is 22.3 Å². The zero-order valence-electron chi connectivity index (χ0n) is 22.9. The van der Waals surface area contributed by atoms with Crippen LogP contribution in [0.15, 0.2) is 48.6 Å². The number of hydrogen-bond donors (Lipinski definition) is 0. The number of fused-ring (bicyclic) bond motifs is 3. The van der Waals surface area contributed by atoms with Gasteiger partial charge in [0.25, 0.3) is 0 Å². The van der Waals surface area contributed by atoms with Gasteiger partial charge in [-0.3, -0.25) is 0 Å². The first-order valence-corrected chi connectivity index (χ1v) is 14.2. The molecule has 1 heterocycles. The standard InChI is InChI=1S/C34H36F4O/c1-4-23(5-2)27-17-25-16-26-18-28(32(36)34(38)30(26)29(25)33(37)31(27)35)24-14-12-21(13-15-24)8-6-7-9-22-11-10-20(3)39-19-22/h7,9,12-15,17-18,20,22-23H,4-6,8,10-11,16,19H2,1-3H3/b9-7+. The van der Waals surface area contributed by atoms with Gasteiger partial charge in [0.15, 0.2) is 23.3 Å². The fourth-order valence-electron chi connectivity index (χ4n) is 6.08. The molecule has 0 aromatic heterocycles. The maximum absolute atomic E-state index is 15.4. The first-order valence-electron chi connectivity index (χ1n) is 14.2. The van der Waals surface area contributed by atoms with Crippen molar-refractivity contribution in [2.24, 2.45) is 5.92 Å². The Labute approximate surface area is 228 Å². The highest BCUT2D eigenvalue weighted by Crippen LogP contribution is 2.46. The van der Waals surface area contributed by atoms with Gasteiger partial charge in [-0.2, -0.15) is 0 Å². The average Bonchev–Trinajstić information content (AvgIpc) is 3.32. The Morgan fingerprint density at radius 3 is 2.18 bits per heavy atom. The molecule has 2 unspecified atom stereocenters. The van der Waals surface area contributed by atoms with Gasteiger partial charge in [-0.15, -0.1) is 0 Å². The summed E-state index contributed by atoms with van der Waals surface area (Å²) in [4.78, 5) is 0. The van der Waals surface area contributed by atoms with Crippen molar-refractivity contribution in [3.05, 3.63) is 94.1 Å². The van der Waals surface area contributed by atoms with Gasteiger partial charge in [-0.1, -0.05) is 56.3 Å². The number of aryl methyl sites for hydroxylation is 1. The summed E-state index contributed by atoms with van der Waals surface area (Å²) in [7, 11) is 0. The molecule has 0 N–H and O–H groups in total. The first kappa shape index (κ1) is 27.6. The highest BCUT2D eigenvalue weighted by molar-refractivity contribution is 5.82. The molecule has 206 valence electrons. The summed E-state index contributed by atoms with van der Waals surface area (Å²) in [6.07, 6.45) is 10.4. The van der Waals surface area contributed by atoms with E-state index in [2.05, 4.69) is 19.1 Å². The van der Waals surface area contributed by atoms with Crippen LogP contribution in [-0.4, -0.2) is 12.7 Å². The lowest BCUT2D eigenvalue weighted by molar-refractivity contribution is 0.00761. The van der Waals surface area contributed by atoms with E-state index < -0.39 is 23.3 Å². The zero-order valence-corrected chi connectivity index (χ0v) is 22.9. The third-order valence-electron chi connectivity index (χ3n) is 8.47. The van der Waals surface area contributed by atoms with Crippen LogP contribution in [-0.2, 0) is 17.6 Å². The van der Waals surface area contributed by atoms with Crippen LogP contribution in [0.25, 0.3) is 22.3 Å². The molecule has 0 radical (unpaired) electrons. The summed E-state index contributed by atoms with van der Waals surface area (Å²) < 4.78 is 66.7. The van der Waals surface area contributed by atoms with E-state index in [-0.39, 0.29) is 29.0 Å². The maximum Gasteiger partial charge on any atom is 0.167 e. The third kappa shape index (κ3) is 5.43. The average molecular weight is 537 g/mol. The maximum atomic E-state index is 15.4. The lowest BCUT2D eigenvalue weighted by atomic mass is 9.90. The van der Waals surface area contributed by atoms with Crippen molar-refractivity contribution in [3.63, 3.8) is 0 Å². The quantitative estimate of drug-likeness (QED) is 0.161. The van der Waals surface area contributed by atoms with Crippen LogP contribution < -0.4 is 0 Å². The summed E-state index contributed by atoms with van der Waals surface area (Å²) in [6.45, 7) is 6.76. The minimum Gasteiger partial charge on any atom is -0.378 e. The monoisotopic (exact) mass is 536 g/mol. The molecule has 3 aromatic rings. The SMILES string of the molecule is CCC(CC)c1cc2c(c(F)c1F)-c1c(cc(-c3ccc(CC/C=C/C4CCC(C)OC4)cc3)c(F)c1F)C2. The van der Waals surface area contributed by atoms with Crippen LogP contribution in [0.5, 0.6) is 0 Å². The second-order valence-electron chi connectivity index (χ2n) is 11.0. The van der Waals surface area contributed by atoms with Crippen LogP contribution in [0.1, 0.15) is 81.0 Å². The number of hydrogen-bond acceptors (Lipinski definition) is 1. The molecule has 39 heavy (non-hydrogen) atoms. The van der Waals surface area contributed by atoms with Crippen LogP contribution >= 0.6 is 0 Å². The van der Waals surface area contributed by atoms with E-state index >= 15 is 17.6 Å². The minimum absolute atomic E-state index is 0.121. The van der Waals surface area contributed by atoms with E-state index in [9.17, 15) is 0 Å². The van der Waals surface area contributed by atoms with Gasteiger partial charge >= 0.3 is 0 Å². The van der Waals surface area contributed by atoms with Crippen LogP contribution in [0, 0.1) is 29.2 Å². The van der Waals surface area contributed by atoms with Crippen LogP contribution in [0.4, 0.5) is 17.6 Å². The molecule has 5 heteroatoms. The van der Waals surface area contributed by atoms with Crippen LogP contribution in [0.3, 0.4) is 0 Å². The Kier molecular flexibility index (Phi) is 8.27. The van der Waals surface area contributed by atoms with E-state index in [0.717, 1.165) is 37.9 Å². The molecule has 1 fully saturated rings. The second-order valence-corrected chi connectivity index (χ2v) is 11.0. The Morgan fingerprint density at radius 2 is 1.54 bits per heavy atom. The van der Waals surface area contributed by atoms with E-state index in [1.54, 1.807) is 24.3 Å². The van der Waals surface area contributed by atoms with Crippen molar-refractivity contribution in [2.75, 3.05) is 6.61 Å². The molecule has 2 atom stereocenters. The predicted molar refractivity (Wildman–Crippen MR) is 149 cm³/mol. The largest absolute Gasteiger partial charge is 0.378 e. The zero-order chi connectivity index (χ0) is 27.7. The molecule has 1 aliphatic heterocycles. The molecule has 3 aromatic carbocycles. The van der Waals surface area contributed by atoms with Crippen molar-refractivity contribution in [2.45, 2.75) is 77.7 Å². The summed E-state index contributed by atoms with van der Waals surface area (Å²) in [5.41, 5.74) is 2.82. The fraction of sp³-hybridized carbons (Fsp3) is 0.412. The van der Waals surface area contributed by atoms with E-state index in [1.165, 1.54) is 0 Å². The fourth-order valence-corrected chi connectivity index (χ4v) is 6.08. The number of halogens is 4. The molecule has 0 amide bonds. The van der Waals surface area contributed by atoms with Crippen molar-refractivity contribution in [1.82, 2.24) is 0 Å². The van der Waals surface area contributed by atoms with Gasteiger partial charge in [-0.25, -0.2) is 17.6 Å². The van der Waals surface area contributed by atoms with E-state index in [1.807, 2.05) is 26.0 Å². The molecule has 1 nitrogen and oxygen atoms in total. The van der Waals surface area contributed by atoms with Crippen LogP contribution in [0.2, 0.25) is 0 Å². The Morgan fingerprint density at radius 1 is 0.872 bits per heavy atom. The molecular formula is C34H36F4O. The normalized spacial score (nSPS) is 18.7. The van der Waals surface area contributed by atoms with Crippen molar-refractivity contribution in [3.8, 4) is 22.3 Å². The highest BCUT2D eigenvalue weighted by Gasteiger charge is 2.33. The second kappa shape index (κ2) is 11.7. The lowest BCUT2D eigenvalue weighted by Crippen LogP contribution is -2.22. The Hall–Kier alpha value is -2.92. The summed E-state index contributed by atoms with van der Waals surface area (Å²) in [5.74, 6) is -3.83. The number of allylic oxidation sites excluding steroid dienone is 1. The molecule has 0 saturated carbocycles. The molecular weight excluding hydrogens is 500 g/mol. The smallest absolute Gasteiger partial charge is 0.167 e. The number of benzene rings is 3. The Balaban J connectivity index is 1.35. The van der Waals surface area contributed by atoms with Gasteiger partial charge < -0.3 is 4.74 Å². The number of rotatable bonds is 8. The highest BCUT2D eigenvalue weighted by atomic mass is 19.2. The topological polar surface area (TPSA) is 9.23 Å². The van der Waals surface area contributed by atoms with Gasteiger partial charge in [0.2, 0.25) is 0 Å².